The number of carboxylic acids is 1. The van der Waals surface area contributed by atoms with Crippen LogP contribution in [0, 0.1) is 0 Å². The molecule has 0 spiro atoms. The van der Waals surface area contributed by atoms with Gasteiger partial charge in [-0.15, -0.1) is 0 Å². The first-order valence-electron chi connectivity index (χ1n) is 32.5. The van der Waals surface area contributed by atoms with Crippen molar-refractivity contribution in [2.24, 2.45) is 0 Å². The summed E-state index contributed by atoms with van der Waals surface area (Å²) in [6.07, 6.45) is 73.4. The van der Waals surface area contributed by atoms with Gasteiger partial charge in [-0.2, -0.15) is 0 Å². The highest BCUT2D eigenvalue weighted by molar-refractivity contribution is 5.74. The fraction of sp³-hybridized carbons (Fsp3) is 0.589. The highest BCUT2D eigenvalue weighted by Crippen LogP contribution is 2.26. The number of hydrogen-bond donors (Lipinski definition) is 3. The summed E-state index contributed by atoms with van der Waals surface area (Å²) in [5.74, 6) is -3.28. The molecule has 12 heteroatoms. The van der Waals surface area contributed by atoms with Gasteiger partial charge in [0.05, 0.1) is 6.61 Å². The third kappa shape index (κ3) is 48.2. The molecule has 0 saturated carbocycles. The molecule has 1 aliphatic rings. The molecule has 0 amide bonds. The molecular formula is C73H112O12. The largest absolute Gasteiger partial charge is 0.479 e. The van der Waals surface area contributed by atoms with E-state index in [1.807, 2.05) is 12.2 Å². The lowest BCUT2D eigenvalue weighted by molar-refractivity contribution is -0.301. The lowest BCUT2D eigenvalue weighted by Crippen LogP contribution is -2.61. The highest BCUT2D eigenvalue weighted by Gasteiger charge is 2.50. The van der Waals surface area contributed by atoms with Gasteiger partial charge in [0.2, 0.25) is 0 Å². The van der Waals surface area contributed by atoms with Crippen molar-refractivity contribution in [3.8, 4) is 0 Å². The summed E-state index contributed by atoms with van der Waals surface area (Å²) in [5, 5.41) is 31.6. The maximum Gasteiger partial charge on any atom is 0.335 e. The molecule has 1 rings (SSSR count). The number of ether oxygens (including phenoxy) is 5. The number of aliphatic hydroxyl groups excluding tert-OH is 2. The number of carbonyl (C=O) groups excluding carboxylic acids is 3. The molecule has 0 aromatic rings. The molecule has 476 valence electrons. The maximum absolute atomic E-state index is 13.2. The minimum atomic E-state index is -1.94. The zero-order valence-electron chi connectivity index (χ0n) is 52.5. The third-order valence-corrected chi connectivity index (χ3v) is 13.6. The third-order valence-electron chi connectivity index (χ3n) is 13.6. The van der Waals surface area contributed by atoms with Crippen LogP contribution in [0.1, 0.15) is 226 Å². The summed E-state index contributed by atoms with van der Waals surface area (Å²) < 4.78 is 28.4. The second-order valence-electron chi connectivity index (χ2n) is 21.3. The molecule has 1 aliphatic heterocycles. The Balaban J connectivity index is 2.75. The first kappa shape index (κ1) is 77.4. The van der Waals surface area contributed by atoms with Gasteiger partial charge in [0.1, 0.15) is 18.8 Å². The van der Waals surface area contributed by atoms with Crippen LogP contribution in [-0.2, 0) is 42.9 Å². The molecule has 0 aromatic carbocycles. The van der Waals surface area contributed by atoms with Crippen LogP contribution in [0.25, 0.3) is 0 Å². The van der Waals surface area contributed by atoms with Crippen molar-refractivity contribution in [2.75, 3.05) is 13.2 Å². The van der Waals surface area contributed by atoms with E-state index in [2.05, 4.69) is 167 Å². The van der Waals surface area contributed by atoms with E-state index in [1.54, 1.807) is 0 Å². The fourth-order valence-corrected chi connectivity index (χ4v) is 8.67. The minimum absolute atomic E-state index is 0.0322. The van der Waals surface area contributed by atoms with Crippen molar-refractivity contribution in [1.82, 2.24) is 0 Å². The summed E-state index contributed by atoms with van der Waals surface area (Å²) in [6, 6.07) is 0. The van der Waals surface area contributed by atoms with Crippen molar-refractivity contribution in [3.63, 3.8) is 0 Å². The average molecular weight is 1180 g/mol. The van der Waals surface area contributed by atoms with Crippen LogP contribution < -0.4 is 0 Å². The van der Waals surface area contributed by atoms with Crippen molar-refractivity contribution in [2.45, 2.75) is 263 Å². The Morgan fingerprint density at radius 3 is 1.18 bits per heavy atom. The van der Waals surface area contributed by atoms with Crippen molar-refractivity contribution >= 4 is 23.9 Å². The first-order valence-corrected chi connectivity index (χ1v) is 32.5. The van der Waals surface area contributed by atoms with Crippen molar-refractivity contribution < 1.29 is 58.2 Å². The topological polar surface area (TPSA) is 175 Å². The lowest BCUT2D eigenvalue weighted by atomic mass is 9.98. The van der Waals surface area contributed by atoms with Crippen molar-refractivity contribution in [1.29, 1.82) is 0 Å². The number of rotatable bonds is 53. The fourth-order valence-electron chi connectivity index (χ4n) is 8.67. The smallest absolute Gasteiger partial charge is 0.335 e. The highest BCUT2D eigenvalue weighted by atomic mass is 16.7. The molecule has 85 heavy (non-hydrogen) atoms. The van der Waals surface area contributed by atoms with Gasteiger partial charge in [-0.25, -0.2) is 4.79 Å². The van der Waals surface area contributed by atoms with Crippen LogP contribution in [0.2, 0.25) is 0 Å². The molecule has 6 unspecified atom stereocenters. The molecule has 0 aliphatic carbocycles. The number of aliphatic hydroxyl groups is 2. The van der Waals surface area contributed by atoms with Crippen LogP contribution >= 0.6 is 0 Å². The average Bonchev–Trinajstić information content (AvgIpc) is 3.46. The van der Waals surface area contributed by atoms with Gasteiger partial charge in [0.25, 0.3) is 0 Å². The molecule has 1 saturated heterocycles. The zero-order chi connectivity index (χ0) is 61.7. The molecule has 6 atom stereocenters. The number of unbranched alkanes of at least 4 members (excludes halogenated alkanes) is 13. The Bertz CT molecular complexity index is 2080. The number of aliphatic carboxylic acids is 1. The molecule has 0 aromatic heterocycles. The SMILES string of the molecule is CC/C=C\C/C=C\C/C=C\C/C=C\C/C=C\CCCCCC(=O)OCC(COC1OC(C(=O)O)C(O)C(O)C1OC(=O)CCC/C=C\C/C=C\C/C=C\C/C=C\C/C=C\CC)OC(=O)CCCCCCCC/C=C\C/C=C\C/C=C\CCCCC. The number of carboxylic acid groups (broad SMARTS) is 1. The second-order valence-corrected chi connectivity index (χ2v) is 21.3. The Morgan fingerprint density at radius 2 is 0.753 bits per heavy atom. The number of allylic oxidation sites excluding steroid dienone is 26. The van der Waals surface area contributed by atoms with Crippen LogP contribution in [0.4, 0.5) is 0 Å². The standard InChI is InChI=1S/C73H112O12/c1-4-7-10-13-16-19-22-25-28-31-33-36-38-41-44-47-50-53-56-59-65(74)81-62-64(83-66(75)60-57-54-51-48-45-42-40-37-34-32-29-26-23-20-17-14-11-8-5-2)63-82-73-71(69(78)68(77)70(85-73)72(79)80)84-67(76)61-58-55-52-49-46-43-39-35-30-27-24-21-18-15-12-9-6-3/h7,9-10,12,16-21,25-30,33-34,36-37,39,41,43-44,49,52,64,68-71,73,77-78H,4-6,8,11,13-15,22-24,31-32,35,38,40,42,45-48,50-51,53-63H2,1-3H3,(H,79,80)/b10-7-,12-9-,19-16-,20-17-,21-18-,28-25-,29-26-,30-27-,36-33-,37-34-,43-39-,44-41-,52-49-. The monoisotopic (exact) mass is 1180 g/mol. The lowest BCUT2D eigenvalue weighted by Gasteiger charge is -2.40. The van der Waals surface area contributed by atoms with E-state index in [-0.39, 0.29) is 25.9 Å². The van der Waals surface area contributed by atoms with E-state index in [0.29, 0.717) is 25.7 Å². The summed E-state index contributed by atoms with van der Waals surface area (Å²) in [6.45, 7) is 5.67. The normalized spacial score (nSPS) is 18.5. The number of carbonyl (C=O) groups is 4. The molecule has 0 radical (unpaired) electrons. The van der Waals surface area contributed by atoms with E-state index in [9.17, 15) is 34.5 Å². The molecule has 1 fully saturated rings. The number of esters is 3. The Morgan fingerprint density at radius 1 is 0.400 bits per heavy atom. The Kier molecular flexibility index (Phi) is 53.4. The Hall–Kier alpha value is -5.66. The van der Waals surface area contributed by atoms with Crippen LogP contribution in [-0.4, -0.2) is 89.2 Å². The van der Waals surface area contributed by atoms with Gasteiger partial charge < -0.3 is 39.0 Å². The molecule has 1 heterocycles. The van der Waals surface area contributed by atoms with E-state index in [1.165, 1.54) is 19.3 Å². The summed E-state index contributed by atoms with van der Waals surface area (Å²) in [7, 11) is 0. The maximum atomic E-state index is 13.2. The van der Waals surface area contributed by atoms with E-state index in [0.717, 1.165) is 141 Å². The van der Waals surface area contributed by atoms with Crippen molar-refractivity contribution in [3.05, 3.63) is 158 Å². The molecular weight excluding hydrogens is 1070 g/mol. The molecule has 0 bridgehead atoms. The minimum Gasteiger partial charge on any atom is -0.479 e. The van der Waals surface area contributed by atoms with Crippen LogP contribution in [0.15, 0.2) is 158 Å². The van der Waals surface area contributed by atoms with Crippen LogP contribution in [0.5, 0.6) is 0 Å². The summed E-state index contributed by atoms with van der Waals surface area (Å²) in [5.41, 5.74) is 0. The number of hydrogen-bond acceptors (Lipinski definition) is 11. The predicted molar refractivity (Wildman–Crippen MR) is 349 cm³/mol. The van der Waals surface area contributed by atoms with E-state index >= 15 is 0 Å². The summed E-state index contributed by atoms with van der Waals surface area (Å²) >= 11 is 0. The van der Waals surface area contributed by atoms with E-state index in [4.69, 9.17) is 23.7 Å². The second kappa shape index (κ2) is 58.7. The Labute approximate surface area is 514 Å². The molecule has 3 N–H and O–H groups in total. The summed E-state index contributed by atoms with van der Waals surface area (Å²) in [4.78, 5) is 51.4. The van der Waals surface area contributed by atoms with Crippen LogP contribution in [0.3, 0.4) is 0 Å². The molecule has 12 nitrogen and oxygen atoms in total. The van der Waals surface area contributed by atoms with E-state index < -0.39 is 67.3 Å². The van der Waals surface area contributed by atoms with Gasteiger partial charge in [-0.3, -0.25) is 14.4 Å². The first-order chi connectivity index (χ1) is 41.6. The van der Waals surface area contributed by atoms with Gasteiger partial charge >= 0.3 is 23.9 Å². The van der Waals surface area contributed by atoms with Gasteiger partial charge in [0.15, 0.2) is 24.6 Å². The van der Waals surface area contributed by atoms with Gasteiger partial charge in [-0.05, 0) is 141 Å². The zero-order valence-corrected chi connectivity index (χ0v) is 52.5. The van der Waals surface area contributed by atoms with Gasteiger partial charge in [-0.1, -0.05) is 224 Å². The predicted octanol–water partition coefficient (Wildman–Crippen LogP) is 17.7. The van der Waals surface area contributed by atoms with Gasteiger partial charge in [0, 0.05) is 19.3 Å². The quantitative estimate of drug-likeness (QED) is 0.0228.